The van der Waals surface area contributed by atoms with E-state index in [-0.39, 0.29) is 0 Å². The molecule has 0 amide bonds. The molecule has 0 radical (unpaired) electrons. The molecule has 0 atom stereocenters. The molecule has 5 heteroatoms. The zero-order valence-electron chi connectivity index (χ0n) is 19.3. The predicted octanol–water partition coefficient (Wildman–Crippen LogP) is 6.35. The van der Waals surface area contributed by atoms with Crippen LogP contribution < -0.4 is 14.2 Å². The highest BCUT2D eigenvalue weighted by Gasteiger charge is 2.41. The van der Waals surface area contributed by atoms with Crippen molar-refractivity contribution in [3.05, 3.63) is 113 Å². The minimum Gasteiger partial charge on any atom is -0.497 e. The lowest BCUT2D eigenvalue weighted by Gasteiger charge is -2.37. The van der Waals surface area contributed by atoms with Gasteiger partial charge in [0.25, 0.3) is 0 Å². The molecule has 0 fully saturated rings. The normalized spacial score (nSPS) is 15.3. The van der Waals surface area contributed by atoms with Crippen LogP contribution in [0.25, 0.3) is 22.6 Å². The SMILES string of the molecule is C=C1OC(=O)c2c3c(c4ccccc4c21)OC(c1ccc(OC)cc1)(c1ccc(OC)cc1)C=C3. The first-order valence-electron chi connectivity index (χ1n) is 11.2. The van der Waals surface area contributed by atoms with Gasteiger partial charge in [-0.25, -0.2) is 4.79 Å². The zero-order valence-corrected chi connectivity index (χ0v) is 19.3. The Morgan fingerprint density at radius 1 is 0.771 bits per heavy atom. The molecular formula is C30H22O5. The van der Waals surface area contributed by atoms with Gasteiger partial charge in [0.2, 0.25) is 0 Å². The zero-order chi connectivity index (χ0) is 24.2. The van der Waals surface area contributed by atoms with Gasteiger partial charge in [-0.15, -0.1) is 0 Å². The molecule has 4 aromatic rings. The first-order valence-corrected chi connectivity index (χ1v) is 11.2. The molecule has 2 heterocycles. The van der Waals surface area contributed by atoms with Gasteiger partial charge in [0.1, 0.15) is 23.0 Å². The highest BCUT2D eigenvalue weighted by Crippen LogP contribution is 2.50. The van der Waals surface area contributed by atoms with Gasteiger partial charge in [0.15, 0.2) is 5.60 Å². The molecule has 2 aliphatic rings. The van der Waals surface area contributed by atoms with Crippen molar-refractivity contribution in [2.45, 2.75) is 5.60 Å². The molecule has 0 saturated heterocycles. The number of cyclic esters (lactones) is 1. The van der Waals surface area contributed by atoms with Crippen molar-refractivity contribution >= 4 is 28.6 Å². The number of carbonyl (C=O) groups excluding carboxylic acids is 1. The second-order valence-corrected chi connectivity index (χ2v) is 8.48. The molecule has 4 aromatic carbocycles. The highest BCUT2D eigenvalue weighted by molar-refractivity contribution is 6.15. The van der Waals surface area contributed by atoms with Gasteiger partial charge in [0.05, 0.1) is 19.8 Å². The molecule has 35 heavy (non-hydrogen) atoms. The summed E-state index contributed by atoms with van der Waals surface area (Å²) in [6.07, 6.45) is 3.95. The maximum Gasteiger partial charge on any atom is 0.345 e. The van der Waals surface area contributed by atoms with E-state index in [1.807, 2.05) is 84.9 Å². The average Bonchev–Trinajstić information content (AvgIpc) is 3.22. The van der Waals surface area contributed by atoms with Gasteiger partial charge < -0.3 is 18.9 Å². The summed E-state index contributed by atoms with van der Waals surface area (Å²) >= 11 is 0. The van der Waals surface area contributed by atoms with E-state index in [4.69, 9.17) is 18.9 Å². The van der Waals surface area contributed by atoms with Crippen LogP contribution >= 0.6 is 0 Å². The van der Waals surface area contributed by atoms with Gasteiger partial charge >= 0.3 is 5.97 Å². The molecule has 0 N–H and O–H groups in total. The van der Waals surface area contributed by atoms with Crippen LogP contribution in [0.2, 0.25) is 0 Å². The first kappa shape index (κ1) is 21.1. The smallest absolute Gasteiger partial charge is 0.345 e. The second-order valence-electron chi connectivity index (χ2n) is 8.48. The Morgan fingerprint density at radius 3 is 1.91 bits per heavy atom. The molecule has 0 unspecified atom stereocenters. The summed E-state index contributed by atoms with van der Waals surface area (Å²) in [5.74, 6) is 2.08. The predicted molar refractivity (Wildman–Crippen MR) is 135 cm³/mol. The van der Waals surface area contributed by atoms with Crippen molar-refractivity contribution in [3.63, 3.8) is 0 Å². The monoisotopic (exact) mass is 462 g/mol. The molecule has 0 aliphatic carbocycles. The fourth-order valence-corrected chi connectivity index (χ4v) is 4.96. The summed E-state index contributed by atoms with van der Waals surface area (Å²) in [5, 5.41) is 1.75. The summed E-state index contributed by atoms with van der Waals surface area (Å²) in [5.41, 5.74) is 2.79. The molecule has 0 saturated carbocycles. The molecule has 0 spiro atoms. The number of rotatable bonds is 4. The number of ether oxygens (including phenoxy) is 4. The summed E-state index contributed by atoms with van der Waals surface area (Å²) in [7, 11) is 3.28. The van der Waals surface area contributed by atoms with Crippen LogP contribution in [0.15, 0.2) is 85.5 Å². The molecule has 0 aromatic heterocycles. The lowest BCUT2D eigenvalue weighted by molar-refractivity contribution is 0.0715. The van der Waals surface area contributed by atoms with Crippen LogP contribution in [0.1, 0.15) is 32.6 Å². The Hall–Kier alpha value is -4.51. The Balaban J connectivity index is 1.63. The van der Waals surface area contributed by atoms with E-state index in [1.165, 1.54) is 0 Å². The minimum absolute atomic E-state index is 0.361. The number of fused-ring (bicyclic) bond motifs is 6. The summed E-state index contributed by atoms with van der Waals surface area (Å²) in [4.78, 5) is 12.8. The number of benzene rings is 4. The molecule has 5 nitrogen and oxygen atoms in total. The number of hydrogen-bond donors (Lipinski definition) is 0. The molecule has 172 valence electrons. The van der Waals surface area contributed by atoms with Gasteiger partial charge in [-0.1, -0.05) is 55.1 Å². The Kier molecular flexibility index (Phi) is 4.68. The third kappa shape index (κ3) is 3.05. The maximum atomic E-state index is 12.8. The van der Waals surface area contributed by atoms with Crippen LogP contribution in [-0.4, -0.2) is 20.2 Å². The lowest BCUT2D eigenvalue weighted by atomic mass is 9.82. The van der Waals surface area contributed by atoms with E-state index < -0.39 is 11.6 Å². The Labute approximate surface area is 202 Å². The van der Waals surface area contributed by atoms with Crippen LogP contribution in [0.5, 0.6) is 17.2 Å². The maximum absolute atomic E-state index is 12.8. The van der Waals surface area contributed by atoms with Crippen molar-refractivity contribution < 1.29 is 23.7 Å². The van der Waals surface area contributed by atoms with E-state index in [1.54, 1.807) is 14.2 Å². The van der Waals surface area contributed by atoms with E-state index in [2.05, 4.69) is 6.58 Å². The summed E-state index contributed by atoms with van der Waals surface area (Å²) in [6, 6.07) is 23.5. The third-order valence-corrected chi connectivity index (χ3v) is 6.69. The Morgan fingerprint density at radius 2 is 1.34 bits per heavy atom. The van der Waals surface area contributed by atoms with E-state index in [0.717, 1.165) is 39.0 Å². The van der Waals surface area contributed by atoms with Crippen LogP contribution in [-0.2, 0) is 10.3 Å². The van der Waals surface area contributed by atoms with Crippen LogP contribution in [0, 0.1) is 0 Å². The lowest BCUT2D eigenvalue weighted by Crippen LogP contribution is -2.34. The van der Waals surface area contributed by atoms with Crippen molar-refractivity contribution in [2.24, 2.45) is 0 Å². The quantitative estimate of drug-likeness (QED) is 0.331. The van der Waals surface area contributed by atoms with Crippen molar-refractivity contribution in [2.75, 3.05) is 14.2 Å². The number of hydrogen-bond acceptors (Lipinski definition) is 5. The summed E-state index contributed by atoms with van der Waals surface area (Å²) < 4.78 is 23.1. The van der Waals surface area contributed by atoms with Crippen molar-refractivity contribution in [1.29, 1.82) is 0 Å². The highest BCUT2D eigenvalue weighted by atomic mass is 16.5. The average molecular weight is 463 g/mol. The molecule has 0 bridgehead atoms. The fraction of sp³-hybridized carbons (Fsp3) is 0.100. The topological polar surface area (TPSA) is 54.0 Å². The largest absolute Gasteiger partial charge is 0.497 e. The molecule has 6 rings (SSSR count). The number of methoxy groups -OCH3 is 2. The first-order chi connectivity index (χ1) is 17.1. The van der Waals surface area contributed by atoms with Gasteiger partial charge in [-0.3, -0.25) is 0 Å². The van der Waals surface area contributed by atoms with E-state index >= 15 is 0 Å². The van der Waals surface area contributed by atoms with E-state index in [0.29, 0.717) is 22.6 Å². The number of carbonyl (C=O) groups is 1. The van der Waals surface area contributed by atoms with Gasteiger partial charge in [-0.2, -0.15) is 0 Å². The molecule has 2 aliphatic heterocycles. The second kappa shape index (κ2) is 7.77. The fourth-order valence-electron chi connectivity index (χ4n) is 4.96. The number of esters is 1. The van der Waals surface area contributed by atoms with Gasteiger partial charge in [-0.05, 0) is 41.8 Å². The van der Waals surface area contributed by atoms with Crippen LogP contribution in [0.3, 0.4) is 0 Å². The van der Waals surface area contributed by atoms with Crippen LogP contribution in [0.4, 0.5) is 0 Å². The van der Waals surface area contributed by atoms with Crippen molar-refractivity contribution in [1.82, 2.24) is 0 Å². The standard InChI is InChI=1S/C30H22O5/c1-18-26-23-6-4-5-7-24(23)28-25(27(26)29(31)34-18)16-17-30(35-28,19-8-12-21(32-2)13-9-19)20-10-14-22(33-3)15-11-20/h4-17H,1H2,2-3H3. The van der Waals surface area contributed by atoms with Gasteiger partial charge in [0, 0.05) is 27.6 Å². The van der Waals surface area contributed by atoms with E-state index in [9.17, 15) is 4.79 Å². The third-order valence-electron chi connectivity index (χ3n) is 6.69. The van der Waals surface area contributed by atoms with Crippen molar-refractivity contribution in [3.8, 4) is 17.2 Å². The Bertz CT molecular complexity index is 1480. The molecular weight excluding hydrogens is 440 g/mol. The summed E-state index contributed by atoms with van der Waals surface area (Å²) in [6.45, 7) is 3.97. The minimum atomic E-state index is -0.942.